The summed E-state index contributed by atoms with van der Waals surface area (Å²) in [6, 6.07) is 31.2. The minimum absolute atomic E-state index is 0.145. The Balaban J connectivity index is 1.74. The topological polar surface area (TPSA) is 33.8 Å². The summed E-state index contributed by atoms with van der Waals surface area (Å²) in [5.41, 5.74) is 8.97. The summed E-state index contributed by atoms with van der Waals surface area (Å²) in [5.74, 6) is -1.44. The fourth-order valence-electron chi connectivity index (χ4n) is 3.90. The van der Waals surface area contributed by atoms with E-state index in [4.69, 9.17) is 0 Å². The molecule has 0 aliphatic rings. The summed E-state index contributed by atoms with van der Waals surface area (Å²) in [5, 5.41) is 4.60. The second kappa shape index (κ2) is 13.2. The second-order valence-corrected chi connectivity index (χ2v) is 12.0. The lowest BCUT2D eigenvalue weighted by Gasteiger charge is -2.45. The largest absolute Gasteiger partial charge is 0.278 e. The van der Waals surface area contributed by atoms with Crippen LogP contribution in [-0.4, -0.2) is 0 Å². The summed E-state index contributed by atoms with van der Waals surface area (Å²) in [7, 11) is 0. The molecule has 208 valence electrons. The molecular formula is C30H21BrF3I2N5. The molecule has 11 heteroatoms. The molecule has 0 bridgehead atoms. The van der Waals surface area contributed by atoms with Crippen molar-refractivity contribution < 1.29 is 13.2 Å². The molecule has 41 heavy (non-hydrogen) atoms. The molecule has 0 unspecified atom stereocenters. The van der Waals surface area contributed by atoms with Crippen molar-refractivity contribution in [3.8, 4) is 0 Å². The second-order valence-electron chi connectivity index (χ2n) is 8.68. The third-order valence-corrected chi connectivity index (χ3v) is 7.91. The van der Waals surface area contributed by atoms with Gasteiger partial charge in [0, 0.05) is 17.7 Å². The van der Waals surface area contributed by atoms with E-state index in [-0.39, 0.29) is 5.69 Å². The van der Waals surface area contributed by atoms with Gasteiger partial charge in [-0.3, -0.25) is 10.9 Å². The van der Waals surface area contributed by atoms with Crippen LogP contribution in [0.15, 0.2) is 120 Å². The molecule has 0 fully saturated rings. The van der Waals surface area contributed by atoms with Crippen LogP contribution in [-0.2, 0) is 0 Å². The molecule has 0 aromatic heterocycles. The van der Waals surface area contributed by atoms with Gasteiger partial charge in [0.1, 0.15) is 17.3 Å². The predicted molar refractivity (Wildman–Crippen MR) is 180 cm³/mol. The van der Waals surface area contributed by atoms with Gasteiger partial charge in [-0.05, 0) is 136 Å². The molecule has 0 radical (unpaired) electrons. The van der Waals surface area contributed by atoms with Gasteiger partial charge < -0.3 is 0 Å². The Morgan fingerprint density at radius 2 is 1.34 bits per heavy atom. The van der Waals surface area contributed by atoms with Crippen molar-refractivity contribution in [1.29, 1.82) is 0 Å². The number of para-hydroxylation sites is 1. The zero-order chi connectivity index (χ0) is 28.9. The van der Waals surface area contributed by atoms with Crippen molar-refractivity contribution in [2.75, 3.05) is 26.2 Å². The van der Waals surface area contributed by atoms with Gasteiger partial charge in [0.2, 0.25) is 0 Å². The van der Waals surface area contributed by atoms with Gasteiger partial charge in [-0.15, -0.1) is 0 Å². The average molecular weight is 842 g/mol. The van der Waals surface area contributed by atoms with E-state index in [1.54, 1.807) is 52.7 Å². The van der Waals surface area contributed by atoms with Crippen LogP contribution in [0.4, 0.5) is 41.6 Å². The van der Waals surface area contributed by atoms with E-state index in [0.29, 0.717) is 22.7 Å². The Labute approximate surface area is 271 Å². The Bertz CT molecular complexity index is 1640. The molecular weight excluding hydrogens is 821 g/mol. The van der Waals surface area contributed by atoms with Crippen molar-refractivity contribution in [2.45, 2.75) is 0 Å². The van der Waals surface area contributed by atoms with Gasteiger partial charge in [0.15, 0.2) is 5.82 Å². The molecule has 5 nitrogen and oxygen atoms in total. The van der Waals surface area contributed by atoms with Crippen LogP contribution >= 0.6 is 61.1 Å². The average Bonchev–Trinajstić information content (AvgIpc) is 2.95. The number of nitrogens with one attached hydrogen (secondary N) is 2. The van der Waals surface area contributed by atoms with Crippen LogP contribution < -0.4 is 26.2 Å². The fourth-order valence-corrected chi connectivity index (χ4v) is 5.68. The number of halogens is 6. The van der Waals surface area contributed by atoms with Gasteiger partial charge in [0.25, 0.3) is 0 Å². The summed E-state index contributed by atoms with van der Waals surface area (Å²) in [4.78, 5) is 0. The Morgan fingerprint density at radius 1 is 0.610 bits per heavy atom. The van der Waals surface area contributed by atoms with Crippen molar-refractivity contribution in [2.24, 2.45) is 0 Å². The summed E-state index contributed by atoms with van der Waals surface area (Å²) in [6.45, 7) is 0. The Morgan fingerprint density at radius 3 is 2.02 bits per heavy atom. The smallest absolute Gasteiger partial charge is 0.150 e. The van der Waals surface area contributed by atoms with Gasteiger partial charge in [-0.25, -0.2) is 13.2 Å². The molecule has 0 amide bonds. The van der Waals surface area contributed by atoms with E-state index < -0.39 is 17.5 Å². The molecule has 0 spiro atoms. The minimum atomic E-state index is -0.526. The molecule has 5 rings (SSSR count). The molecule has 0 aliphatic carbocycles. The number of hydrazine groups is 4. The third-order valence-electron chi connectivity index (χ3n) is 5.81. The van der Waals surface area contributed by atoms with E-state index in [1.807, 2.05) is 42.5 Å². The van der Waals surface area contributed by atoms with Gasteiger partial charge in [-0.1, -0.05) is 34.1 Å². The summed E-state index contributed by atoms with van der Waals surface area (Å²) < 4.78 is 47.1. The normalized spacial score (nSPS) is 10.7. The maximum atomic E-state index is 15.6. The molecule has 0 aliphatic heterocycles. The Hall–Kier alpha value is -3.17. The van der Waals surface area contributed by atoms with E-state index in [0.717, 1.165) is 11.6 Å². The van der Waals surface area contributed by atoms with Crippen LogP contribution in [0.25, 0.3) is 0 Å². The van der Waals surface area contributed by atoms with Crippen molar-refractivity contribution in [1.82, 2.24) is 0 Å². The van der Waals surface area contributed by atoms with Crippen molar-refractivity contribution in [3.63, 3.8) is 0 Å². The highest BCUT2D eigenvalue weighted by Gasteiger charge is 2.28. The number of hydrogen-bond acceptors (Lipinski definition) is 5. The lowest BCUT2D eigenvalue weighted by Crippen LogP contribution is -2.59. The van der Waals surface area contributed by atoms with Gasteiger partial charge in [-0.2, -0.15) is 15.4 Å². The third kappa shape index (κ3) is 7.19. The predicted octanol–water partition coefficient (Wildman–Crippen LogP) is 9.78. The van der Waals surface area contributed by atoms with Crippen LogP contribution in [0.3, 0.4) is 0 Å². The van der Waals surface area contributed by atoms with Crippen LogP contribution in [0, 0.1) is 24.6 Å². The van der Waals surface area contributed by atoms with Crippen LogP contribution in [0.2, 0.25) is 0 Å². The molecule has 5 aromatic rings. The zero-order valence-electron chi connectivity index (χ0n) is 21.1. The number of rotatable bonds is 9. The number of benzene rings is 5. The molecule has 0 saturated carbocycles. The fraction of sp³-hybridized carbons (Fsp3) is 0. The van der Waals surface area contributed by atoms with E-state index in [1.165, 1.54) is 35.4 Å². The molecule has 5 aromatic carbocycles. The van der Waals surface area contributed by atoms with Gasteiger partial charge in [0.05, 0.1) is 22.7 Å². The molecule has 0 heterocycles. The quantitative estimate of drug-likeness (QED) is 0.114. The van der Waals surface area contributed by atoms with Crippen molar-refractivity contribution in [3.05, 3.63) is 144 Å². The number of nitrogens with zero attached hydrogens (tertiary/aromatic N) is 3. The van der Waals surface area contributed by atoms with Crippen LogP contribution in [0.5, 0.6) is 0 Å². The zero-order valence-corrected chi connectivity index (χ0v) is 27.0. The minimum Gasteiger partial charge on any atom is -0.278 e. The first-order valence-electron chi connectivity index (χ1n) is 12.2. The summed E-state index contributed by atoms with van der Waals surface area (Å²) >= 11 is 7.88. The highest BCUT2D eigenvalue weighted by Crippen LogP contribution is 2.33. The number of hydrogen-bond donors (Lipinski definition) is 2. The molecule has 0 saturated heterocycles. The number of anilines is 5. The van der Waals surface area contributed by atoms with Crippen molar-refractivity contribution >= 4 is 89.5 Å². The van der Waals surface area contributed by atoms with Gasteiger partial charge >= 0.3 is 0 Å². The standard InChI is InChI=1S/C30H21BrF3I2N5/c31-20-8-17-29(28(36)18-20)38-40(30-7-2-1-6-27(30)34)41(26-5-3-4-22(33)19-26)39(25-15-9-21(32)10-16-25)37-24-13-11-23(35)12-14-24/h1-19,37-38H. The first-order chi connectivity index (χ1) is 19.8. The lowest BCUT2D eigenvalue weighted by atomic mass is 10.3. The molecule has 0 atom stereocenters. The van der Waals surface area contributed by atoms with E-state index in [2.05, 4.69) is 72.0 Å². The summed E-state index contributed by atoms with van der Waals surface area (Å²) in [6.07, 6.45) is 0. The highest BCUT2D eigenvalue weighted by atomic mass is 127. The SMILES string of the molecule is Fc1ccc(N(Nc2ccc(I)cc2)N(c2cccc(F)c2)N(Nc2ccc(Br)cc2I)c2ccccc2F)cc1. The first kappa shape index (κ1) is 29.3. The first-order valence-corrected chi connectivity index (χ1v) is 15.1. The van der Waals surface area contributed by atoms with Crippen LogP contribution in [0.1, 0.15) is 0 Å². The van der Waals surface area contributed by atoms with E-state index >= 15 is 4.39 Å². The maximum absolute atomic E-state index is 15.6. The lowest BCUT2D eigenvalue weighted by molar-refractivity contribution is 0.612. The van der Waals surface area contributed by atoms with E-state index in [9.17, 15) is 8.78 Å². The Kier molecular flexibility index (Phi) is 9.45. The highest BCUT2D eigenvalue weighted by molar-refractivity contribution is 14.1. The maximum Gasteiger partial charge on any atom is 0.150 e. The monoisotopic (exact) mass is 841 g/mol. The molecule has 2 N–H and O–H groups in total.